The maximum atomic E-state index is 15.1. The Morgan fingerprint density at radius 1 is 1.13 bits per heavy atom. The Kier molecular flexibility index (Phi) is 9.13. The first-order chi connectivity index (χ1) is 18.3. The lowest BCUT2D eigenvalue weighted by molar-refractivity contribution is -0.180. The number of benzene rings is 1. The molecule has 0 bridgehead atoms. The molecule has 0 radical (unpaired) electrons. The van der Waals surface area contributed by atoms with Crippen molar-refractivity contribution in [2.45, 2.75) is 31.9 Å². The van der Waals surface area contributed by atoms with E-state index in [1.807, 2.05) is 12.1 Å². The van der Waals surface area contributed by atoms with Gasteiger partial charge in [0.05, 0.1) is 37.6 Å². The van der Waals surface area contributed by atoms with Gasteiger partial charge in [-0.05, 0) is 42.3 Å². The molecule has 2 fully saturated rings. The number of hydrogen-bond donors (Lipinski definition) is 1. The summed E-state index contributed by atoms with van der Waals surface area (Å²) in [7, 11) is 0. The number of hydroxylamine groups is 2. The van der Waals surface area contributed by atoms with Crippen LogP contribution in [0.4, 0.5) is 29.3 Å². The number of halogens is 3. The molecule has 4 rings (SSSR count). The Bertz CT molecular complexity index is 1140. The van der Waals surface area contributed by atoms with Crippen molar-refractivity contribution in [3.63, 3.8) is 0 Å². The minimum absolute atomic E-state index is 0.0258. The van der Waals surface area contributed by atoms with Crippen molar-refractivity contribution in [2.24, 2.45) is 0 Å². The lowest BCUT2D eigenvalue weighted by atomic mass is 10.1. The van der Waals surface area contributed by atoms with Crippen LogP contribution in [-0.2, 0) is 25.7 Å². The Morgan fingerprint density at radius 2 is 1.92 bits per heavy atom. The highest BCUT2D eigenvalue weighted by Crippen LogP contribution is 2.29. The Balaban J connectivity index is 1.29. The predicted molar refractivity (Wildman–Crippen MR) is 130 cm³/mol. The van der Waals surface area contributed by atoms with Crippen LogP contribution in [0.25, 0.3) is 0 Å². The number of hydrogen-bond acceptors (Lipinski definition) is 8. The third-order valence-corrected chi connectivity index (χ3v) is 6.23. The topological polar surface area (TPSA) is 104 Å². The molecule has 0 saturated carbocycles. The van der Waals surface area contributed by atoms with E-state index in [2.05, 4.69) is 10.3 Å². The van der Waals surface area contributed by atoms with Crippen molar-refractivity contribution in [2.75, 3.05) is 49.1 Å². The van der Waals surface area contributed by atoms with E-state index in [0.717, 1.165) is 5.56 Å². The summed E-state index contributed by atoms with van der Waals surface area (Å²) in [4.78, 5) is 48.4. The first-order valence-electron chi connectivity index (χ1n) is 12.2. The maximum absolute atomic E-state index is 15.1. The van der Waals surface area contributed by atoms with Gasteiger partial charge >= 0.3 is 6.09 Å². The molecular weight excluding hydrogens is 507 g/mol. The number of ketones is 1. The summed E-state index contributed by atoms with van der Waals surface area (Å²) in [5.74, 6) is -2.03. The third kappa shape index (κ3) is 6.98. The first kappa shape index (κ1) is 27.3. The van der Waals surface area contributed by atoms with Gasteiger partial charge in [0.25, 0.3) is 12.3 Å². The van der Waals surface area contributed by atoms with Gasteiger partial charge in [0.2, 0.25) is 0 Å². The predicted octanol–water partition coefficient (Wildman–Crippen LogP) is 2.53. The molecule has 0 aliphatic carbocycles. The van der Waals surface area contributed by atoms with E-state index in [9.17, 15) is 23.2 Å². The van der Waals surface area contributed by atoms with E-state index >= 15 is 4.39 Å². The normalized spacial score (nSPS) is 18.1. The molecule has 204 valence electrons. The van der Waals surface area contributed by atoms with E-state index < -0.39 is 36.6 Å². The van der Waals surface area contributed by atoms with Crippen molar-refractivity contribution >= 4 is 29.2 Å². The second-order valence-electron chi connectivity index (χ2n) is 8.83. The highest BCUT2D eigenvalue weighted by atomic mass is 19.3. The minimum atomic E-state index is -3.06. The van der Waals surface area contributed by atoms with Crippen molar-refractivity contribution in [1.82, 2.24) is 15.4 Å². The Hall–Kier alpha value is -3.71. The van der Waals surface area contributed by atoms with Crippen LogP contribution >= 0.6 is 0 Å². The number of carbonyl (C=O) groups excluding carboxylic acids is 3. The van der Waals surface area contributed by atoms with Crippen molar-refractivity contribution < 1.29 is 37.1 Å². The van der Waals surface area contributed by atoms with Gasteiger partial charge in [0.1, 0.15) is 11.9 Å². The summed E-state index contributed by atoms with van der Waals surface area (Å²) in [5, 5.41) is 4.33. The molecule has 1 N–H and O–H groups in total. The molecule has 0 unspecified atom stereocenters. The number of cyclic esters (lactones) is 1. The Labute approximate surface area is 217 Å². The number of nitrogens with one attached hydrogen (secondary N) is 1. The van der Waals surface area contributed by atoms with Crippen LogP contribution in [0.3, 0.4) is 0 Å². The zero-order chi connectivity index (χ0) is 27.1. The van der Waals surface area contributed by atoms with Gasteiger partial charge < -0.3 is 15.0 Å². The molecule has 10 nitrogen and oxygen atoms in total. The molecule has 2 saturated heterocycles. The van der Waals surface area contributed by atoms with Gasteiger partial charge in [0, 0.05) is 38.4 Å². The summed E-state index contributed by atoms with van der Waals surface area (Å²) >= 11 is 0. The SMILES string of the molecule is O=C(CC[C@H]1CN(c2ccc(N3CCON(C(=O)CNCc4ccncc4)CC3)c(F)c2)C(=O)O1)C(F)F. The molecule has 3 heterocycles. The van der Waals surface area contributed by atoms with Gasteiger partial charge in [-0.25, -0.2) is 23.0 Å². The van der Waals surface area contributed by atoms with Gasteiger partial charge in [-0.2, -0.15) is 0 Å². The van der Waals surface area contributed by atoms with Crippen LogP contribution in [0, 0.1) is 5.82 Å². The Morgan fingerprint density at radius 3 is 2.66 bits per heavy atom. The van der Waals surface area contributed by atoms with Gasteiger partial charge in [0.15, 0.2) is 5.78 Å². The number of nitrogens with zero attached hydrogens (tertiary/aromatic N) is 4. The van der Waals surface area contributed by atoms with E-state index in [1.54, 1.807) is 23.4 Å². The number of amides is 2. The number of ether oxygens (including phenoxy) is 1. The molecule has 2 amide bonds. The number of Topliss-reactive ketones (excluding diaryl/α,β-unsaturated/α-hetero) is 1. The van der Waals surface area contributed by atoms with Gasteiger partial charge in [-0.15, -0.1) is 0 Å². The molecule has 1 aromatic heterocycles. The number of alkyl halides is 2. The van der Waals surface area contributed by atoms with E-state index in [1.165, 1.54) is 22.1 Å². The number of anilines is 2. The fourth-order valence-corrected chi connectivity index (χ4v) is 4.20. The average molecular weight is 536 g/mol. The van der Waals surface area contributed by atoms with E-state index in [0.29, 0.717) is 19.6 Å². The average Bonchev–Trinajstić information content (AvgIpc) is 3.11. The molecule has 2 aliphatic heterocycles. The highest BCUT2D eigenvalue weighted by molar-refractivity contribution is 5.90. The van der Waals surface area contributed by atoms with Crippen LogP contribution < -0.4 is 15.1 Å². The standard InChI is InChI=1S/C25H28F3N5O5/c26-20-13-18(32-16-19(38-25(32)36)2-4-22(34)24(27)28)1-3-21(20)31-9-10-33(37-12-11-31)23(35)15-30-14-17-5-7-29-8-6-17/h1,3,5-8,13,19,24,30H,2,4,9-12,14-16H2/t19-/m0/s1. The lowest BCUT2D eigenvalue weighted by Gasteiger charge is -2.24. The van der Waals surface area contributed by atoms with Crippen LogP contribution in [0.2, 0.25) is 0 Å². The monoisotopic (exact) mass is 535 g/mol. The van der Waals surface area contributed by atoms with E-state index in [-0.39, 0.29) is 49.9 Å². The largest absolute Gasteiger partial charge is 0.444 e. The molecule has 2 aromatic rings. The number of aromatic nitrogens is 1. The molecular formula is C25H28F3N5O5. The summed E-state index contributed by atoms with van der Waals surface area (Å²) in [6.07, 6.45) is -1.63. The summed E-state index contributed by atoms with van der Waals surface area (Å²) in [6.45, 7) is 1.69. The number of rotatable bonds is 10. The molecule has 38 heavy (non-hydrogen) atoms. The lowest BCUT2D eigenvalue weighted by Crippen LogP contribution is -2.39. The quantitative estimate of drug-likeness (QED) is 0.495. The second-order valence-corrected chi connectivity index (χ2v) is 8.83. The van der Waals surface area contributed by atoms with Crippen molar-refractivity contribution in [3.8, 4) is 0 Å². The summed E-state index contributed by atoms with van der Waals surface area (Å²) < 4.78 is 45.0. The van der Waals surface area contributed by atoms with Crippen LogP contribution in [0.1, 0.15) is 18.4 Å². The summed E-state index contributed by atoms with van der Waals surface area (Å²) in [6, 6.07) is 7.98. The molecule has 1 atom stereocenters. The second kappa shape index (κ2) is 12.7. The fourth-order valence-electron chi connectivity index (χ4n) is 4.20. The maximum Gasteiger partial charge on any atom is 0.414 e. The van der Waals surface area contributed by atoms with Crippen LogP contribution in [-0.4, -0.2) is 79.7 Å². The number of pyridine rings is 1. The van der Waals surface area contributed by atoms with Crippen molar-refractivity contribution in [3.05, 3.63) is 54.1 Å². The molecule has 2 aliphatic rings. The fraction of sp³-hybridized carbons (Fsp3) is 0.440. The zero-order valence-electron chi connectivity index (χ0n) is 20.5. The van der Waals surface area contributed by atoms with Crippen molar-refractivity contribution in [1.29, 1.82) is 0 Å². The van der Waals surface area contributed by atoms with Crippen LogP contribution in [0.15, 0.2) is 42.7 Å². The smallest absolute Gasteiger partial charge is 0.414 e. The highest BCUT2D eigenvalue weighted by Gasteiger charge is 2.33. The molecule has 1 aromatic carbocycles. The number of carbonyl (C=O) groups is 3. The first-order valence-corrected chi connectivity index (χ1v) is 12.2. The zero-order valence-corrected chi connectivity index (χ0v) is 20.5. The minimum Gasteiger partial charge on any atom is -0.444 e. The summed E-state index contributed by atoms with van der Waals surface area (Å²) in [5.41, 5.74) is 1.53. The molecule has 13 heteroatoms. The molecule has 0 spiro atoms. The van der Waals surface area contributed by atoms with E-state index in [4.69, 9.17) is 9.57 Å². The van der Waals surface area contributed by atoms with Gasteiger partial charge in [-0.1, -0.05) is 0 Å². The van der Waals surface area contributed by atoms with Crippen LogP contribution in [0.5, 0.6) is 0 Å². The third-order valence-electron chi connectivity index (χ3n) is 6.23. The van der Waals surface area contributed by atoms with Gasteiger partial charge in [-0.3, -0.25) is 24.3 Å².